The summed E-state index contributed by atoms with van der Waals surface area (Å²) >= 11 is 5.39. The summed E-state index contributed by atoms with van der Waals surface area (Å²) in [5.74, 6) is 0.857. The first-order chi connectivity index (χ1) is 14.0. The first-order valence-electron chi connectivity index (χ1n) is 10.1. The molecule has 3 rings (SSSR count). The molecule has 2 aromatic rings. The molecule has 2 aromatic carbocycles. The molecule has 2 N–H and O–H groups in total. The molecule has 29 heavy (non-hydrogen) atoms. The van der Waals surface area contributed by atoms with Crippen LogP contribution in [0.25, 0.3) is 0 Å². The van der Waals surface area contributed by atoms with Crippen LogP contribution in [0.2, 0.25) is 0 Å². The second kappa shape index (κ2) is 10.6. The van der Waals surface area contributed by atoms with Gasteiger partial charge in [0.25, 0.3) is 0 Å². The van der Waals surface area contributed by atoms with E-state index in [1.807, 2.05) is 24.3 Å². The number of morpholine rings is 1. The molecular formula is C23H31N3O2S. The minimum Gasteiger partial charge on any atom is -0.497 e. The monoisotopic (exact) mass is 413 g/mol. The standard InChI is InChI=1S/C23H31N3O2S/c1-17-14-26(15-18(2)28-17)16-21-6-4-19(5-7-21)12-24-23(29)25-13-20-8-10-22(27-3)11-9-20/h4-11,17-18H,12-16H2,1-3H3,(H2,24,25,29)/t17-,18-/m1/s1. The molecule has 0 bridgehead atoms. The van der Waals surface area contributed by atoms with Gasteiger partial charge in [-0.2, -0.15) is 0 Å². The van der Waals surface area contributed by atoms with Crippen LogP contribution in [0.4, 0.5) is 0 Å². The summed E-state index contributed by atoms with van der Waals surface area (Å²) in [5, 5.41) is 7.17. The summed E-state index contributed by atoms with van der Waals surface area (Å²) in [6.07, 6.45) is 0.599. The van der Waals surface area contributed by atoms with Crippen molar-refractivity contribution in [3.8, 4) is 5.75 Å². The molecule has 156 valence electrons. The lowest BCUT2D eigenvalue weighted by Gasteiger charge is -2.35. The van der Waals surface area contributed by atoms with Gasteiger partial charge in [-0.25, -0.2) is 0 Å². The van der Waals surface area contributed by atoms with Crippen molar-refractivity contribution in [2.75, 3.05) is 20.2 Å². The third-order valence-electron chi connectivity index (χ3n) is 4.99. The lowest BCUT2D eigenvalue weighted by Crippen LogP contribution is -2.44. The molecule has 1 aliphatic rings. The van der Waals surface area contributed by atoms with Gasteiger partial charge < -0.3 is 20.1 Å². The predicted molar refractivity (Wildman–Crippen MR) is 121 cm³/mol. The van der Waals surface area contributed by atoms with E-state index >= 15 is 0 Å². The van der Waals surface area contributed by atoms with E-state index in [0.29, 0.717) is 30.4 Å². The largest absolute Gasteiger partial charge is 0.497 e. The summed E-state index contributed by atoms with van der Waals surface area (Å²) in [4.78, 5) is 2.46. The van der Waals surface area contributed by atoms with Gasteiger partial charge >= 0.3 is 0 Å². The normalized spacial score (nSPS) is 19.6. The maximum absolute atomic E-state index is 5.81. The molecule has 1 aliphatic heterocycles. The summed E-state index contributed by atoms with van der Waals surface area (Å²) in [6, 6.07) is 16.7. The maximum atomic E-state index is 5.81. The van der Waals surface area contributed by atoms with Crippen molar-refractivity contribution < 1.29 is 9.47 Å². The first-order valence-corrected chi connectivity index (χ1v) is 10.5. The Morgan fingerprint density at radius 2 is 1.41 bits per heavy atom. The smallest absolute Gasteiger partial charge is 0.166 e. The molecule has 1 heterocycles. The zero-order chi connectivity index (χ0) is 20.6. The van der Waals surface area contributed by atoms with Crippen LogP contribution in [0.1, 0.15) is 30.5 Å². The fourth-order valence-electron chi connectivity index (χ4n) is 3.60. The molecular weight excluding hydrogens is 382 g/mol. The summed E-state index contributed by atoms with van der Waals surface area (Å²) < 4.78 is 11.0. The summed E-state index contributed by atoms with van der Waals surface area (Å²) in [6.45, 7) is 8.62. The lowest BCUT2D eigenvalue weighted by atomic mass is 10.1. The van der Waals surface area contributed by atoms with Gasteiger partial charge in [-0.3, -0.25) is 4.90 Å². The Bertz CT molecular complexity index is 770. The second-order valence-electron chi connectivity index (χ2n) is 7.65. The van der Waals surface area contributed by atoms with Crippen LogP contribution in [-0.2, 0) is 24.4 Å². The van der Waals surface area contributed by atoms with E-state index < -0.39 is 0 Å². The molecule has 1 fully saturated rings. The zero-order valence-electron chi connectivity index (χ0n) is 17.5. The molecule has 6 heteroatoms. The second-order valence-corrected chi connectivity index (χ2v) is 8.06. The number of hydrogen-bond acceptors (Lipinski definition) is 4. The van der Waals surface area contributed by atoms with Crippen molar-refractivity contribution in [2.45, 2.75) is 45.7 Å². The quantitative estimate of drug-likeness (QED) is 0.678. The molecule has 0 aliphatic carbocycles. The Kier molecular flexibility index (Phi) is 7.86. The Balaban J connectivity index is 1.40. The van der Waals surface area contributed by atoms with E-state index in [2.05, 4.69) is 53.6 Å². The van der Waals surface area contributed by atoms with Crippen LogP contribution >= 0.6 is 12.2 Å². The molecule has 0 radical (unpaired) electrons. The number of nitrogens with zero attached hydrogens (tertiary/aromatic N) is 1. The van der Waals surface area contributed by atoms with Crippen LogP contribution < -0.4 is 15.4 Å². The molecule has 0 saturated carbocycles. The maximum Gasteiger partial charge on any atom is 0.166 e. The summed E-state index contributed by atoms with van der Waals surface area (Å²) in [5.41, 5.74) is 3.70. The van der Waals surface area contributed by atoms with Crippen LogP contribution in [0, 0.1) is 0 Å². The molecule has 0 amide bonds. The summed E-state index contributed by atoms with van der Waals surface area (Å²) in [7, 11) is 1.67. The highest BCUT2D eigenvalue weighted by molar-refractivity contribution is 7.80. The number of thiocarbonyl (C=S) groups is 1. The van der Waals surface area contributed by atoms with Gasteiger partial charge in [-0.15, -0.1) is 0 Å². The van der Waals surface area contributed by atoms with Crippen molar-refractivity contribution in [3.63, 3.8) is 0 Å². The van der Waals surface area contributed by atoms with Gasteiger partial charge in [0.2, 0.25) is 0 Å². The van der Waals surface area contributed by atoms with Crippen LogP contribution in [0.3, 0.4) is 0 Å². The van der Waals surface area contributed by atoms with E-state index in [1.165, 1.54) is 11.1 Å². The van der Waals surface area contributed by atoms with Gasteiger partial charge in [-0.1, -0.05) is 36.4 Å². The lowest BCUT2D eigenvalue weighted by molar-refractivity contribution is -0.0704. The number of ether oxygens (including phenoxy) is 2. The van der Waals surface area contributed by atoms with Gasteiger partial charge in [0.15, 0.2) is 5.11 Å². The minimum atomic E-state index is 0.300. The molecule has 1 saturated heterocycles. The molecule has 0 spiro atoms. The van der Waals surface area contributed by atoms with Crippen molar-refractivity contribution in [1.82, 2.24) is 15.5 Å². The average molecular weight is 414 g/mol. The van der Waals surface area contributed by atoms with E-state index in [9.17, 15) is 0 Å². The number of hydrogen-bond donors (Lipinski definition) is 2. The number of nitrogens with one attached hydrogen (secondary N) is 2. The predicted octanol–water partition coefficient (Wildman–Crippen LogP) is 3.47. The average Bonchev–Trinajstić information content (AvgIpc) is 2.71. The van der Waals surface area contributed by atoms with Crippen LogP contribution in [0.5, 0.6) is 5.75 Å². The van der Waals surface area contributed by atoms with Crippen molar-refractivity contribution in [1.29, 1.82) is 0 Å². The highest BCUT2D eigenvalue weighted by Crippen LogP contribution is 2.15. The topological polar surface area (TPSA) is 45.8 Å². The van der Waals surface area contributed by atoms with Crippen molar-refractivity contribution in [2.24, 2.45) is 0 Å². The van der Waals surface area contributed by atoms with E-state index in [-0.39, 0.29) is 0 Å². The Labute approximate surface area is 179 Å². The van der Waals surface area contributed by atoms with Crippen LogP contribution in [0.15, 0.2) is 48.5 Å². The van der Waals surface area contributed by atoms with Gasteiger partial charge in [0, 0.05) is 32.7 Å². The molecule has 2 atom stereocenters. The van der Waals surface area contributed by atoms with Gasteiger partial charge in [0.05, 0.1) is 19.3 Å². The van der Waals surface area contributed by atoms with Gasteiger partial charge in [-0.05, 0) is 54.9 Å². The Morgan fingerprint density at radius 3 is 1.93 bits per heavy atom. The number of benzene rings is 2. The molecule has 0 aromatic heterocycles. The van der Waals surface area contributed by atoms with Crippen molar-refractivity contribution in [3.05, 3.63) is 65.2 Å². The highest BCUT2D eigenvalue weighted by atomic mass is 32.1. The fourth-order valence-corrected chi connectivity index (χ4v) is 3.75. The van der Waals surface area contributed by atoms with Crippen LogP contribution in [-0.4, -0.2) is 42.4 Å². The van der Waals surface area contributed by atoms with E-state index in [4.69, 9.17) is 21.7 Å². The Hall–Kier alpha value is -2.15. The molecule has 5 nitrogen and oxygen atoms in total. The third kappa shape index (κ3) is 6.99. The SMILES string of the molecule is COc1ccc(CNC(=S)NCc2ccc(CN3C[C@@H](C)O[C@H](C)C3)cc2)cc1. The van der Waals surface area contributed by atoms with E-state index in [1.54, 1.807) is 7.11 Å². The minimum absolute atomic E-state index is 0.300. The van der Waals surface area contributed by atoms with E-state index in [0.717, 1.165) is 30.9 Å². The third-order valence-corrected chi connectivity index (χ3v) is 5.28. The van der Waals surface area contributed by atoms with Crippen molar-refractivity contribution >= 4 is 17.3 Å². The number of rotatable bonds is 7. The zero-order valence-corrected chi connectivity index (χ0v) is 18.3. The van der Waals surface area contributed by atoms with Gasteiger partial charge in [0.1, 0.15) is 5.75 Å². The number of methoxy groups -OCH3 is 1. The molecule has 0 unspecified atom stereocenters. The Morgan fingerprint density at radius 1 is 0.931 bits per heavy atom. The fraction of sp³-hybridized carbons (Fsp3) is 0.435. The highest BCUT2D eigenvalue weighted by Gasteiger charge is 2.21. The first kappa shape index (κ1) is 21.6.